The van der Waals surface area contributed by atoms with Crippen molar-refractivity contribution in [2.75, 3.05) is 0 Å². The zero-order chi connectivity index (χ0) is 19.0. The summed E-state index contributed by atoms with van der Waals surface area (Å²) < 4.78 is 0. The van der Waals surface area contributed by atoms with E-state index in [-0.39, 0.29) is 5.41 Å². The molecule has 0 atom stereocenters. The van der Waals surface area contributed by atoms with Gasteiger partial charge in [-0.05, 0) is 53.4 Å². The van der Waals surface area contributed by atoms with E-state index in [1.807, 2.05) is 0 Å². The molecule has 0 radical (unpaired) electrons. The van der Waals surface area contributed by atoms with Crippen LogP contribution in [-0.2, 0) is 23.1 Å². The predicted molar refractivity (Wildman–Crippen MR) is 109 cm³/mol. The molecular formula is C24H32O2. The van der Waals surface area contributed by atoms with Gasteiger partial charge in [-0.3, -0.25) is 4.79 Å². The third kappa shape index (κ3) is 7.03. The standard InChI is InChI=1S/C24H32O2/c1-24(2,3)22-16-14-21(15-17-22)18-20-12-10-19(11-13-20)8-6-4-5-7-9-23(25)26/h10-17H,4-9,18H2,1-3H3,(H,25,26). The molecule has 2 aromatic carbocycles. The van der Waals surface area contributed by atoms with E-state index in [1.165, 1.54) is 22.3 Å². The average Bonchev–Trinajstić information content (AvgIpc) is 2.59. The third-order valence-electron chi connectivity index (χ3n) is 4.86. The van der Waals surface area contributed by atoms with Crippen molar-refractivity contribution in [3.8, 4) is 0 Å². The molecule has 0 aliphatic rings. The Kier molecular flexibility index (Phi) is 7.44. The number of carboxylic acid groups (broad SMARTS) is 1. The molecule has 0 saturated heterocycles. The second-order valence-corrected chi connectivity index (χ2v) is 8.25. The van der Waals surface area contributed by atoms with Gasteiger partial charge in [-0.15, -0.1) is 0 Å². The number of carbonyl (C=O) groups is 1. The molecule has 0 amide bonds. The molecule has 0 aliphatic carbocycles. The lowest BCUT2D eigenvalue weighted by Crippen LogP contribution is -2.10. The second-order valence-electron chi connectivity index (χ2n) is 8.25. The normalized spacial score (nSPS) is 11.5. The first-order valence-corrected chi connectivity index (χ1v) is 9.73. The maximum absolute atomic E-state index is 10.5. The first-order valence-electron chi connectivity index (χ1n) is 9.73. The van der Waals surface area contributed by atoms with Crippen LogP contribution in [0, 0.1) is 0 Å². The summed E-state index contributed by atoms with van der Waals surface area (Å²) in [5.74, 6) is -0.686. The van der Waals surface area contributed by atoms with Gasteiger partial charge >= 0.3 is 5.97 Å². The van der Waals surface area contributed by atoms with Gasteiger partial charge in [0, 0.05) is 6.42 Å². The summed E-state index contributed by atoms with van der Waals surface area (Å²) in [5.41, 5.74) is 5.64. The molecule has 140 valence electrons. The first kappa shape index (κ1) is 20.2. The molecule has 0 bridgehead atoms. The van der Waals surface area contributed by atoms with E-state index >= 15 is 0 Å². The van der Waals surface area contributed by atoms with Crippen molar-refractivity contribution in [1.82, 2.24) is 0 Å². The zero-order valence-corrected chi connectivity index (χ0v) is 16.4. The number of hydrogen-bond acceptors (Lipinski definition) is 1. The van der Waals surface area contributed by atoms with E-state index in [1.54, 1.807) is 0 Å². The Bertz CT molecular complexity index is 676. The van der Waals surface area contributed by atoms with Crippen molar-refractivity contribution in [2.45, 2.75) is 71.1 Å². The Morgan fingerprint density at radius 3 is 1.81 bits per heavy atom. The van der Waals surface area contributed by atoms with Gasteiger partial charge in [-0.2, -0.15) is 0 Å². The maximum atomic E-state index is 10.5. The smallest absolute Gasteiger partial charge is 0.303 e. The van der Waals surface area contributed by atoms with Crippen LogP contribution in [0.5, 0.6) is 0 Å². The van der Waals surface area contributed by atoms with Crippen LogP contribution >= 0.6 is 0 Å². The largest absolute Gasteiger partial charge is 0.481 e. The highest BCUT2D eigenvalue weighted by atomic mass is 16.4. The van der Waals surface area contributed by atoms with Gasteiger partial charge in [0.1, 0.15) is 0 Å². The minimum absolute atomic E-state index is 0.202. The summed E-state index contributed by atoms with van der Waals surface area (Å²) in [6.45, 7) is 6.73. The Morgan fingerprint density at radius 1 is 0.769 bits per heavy atom. The molecule has 0 aliphatic heterocycles. The van der Waals surface area contributed by atoms with Crippen LogP contribution in [0.2, 0.25) is 0 Å². The highest BCUT2D eigenvalue weighted by molar-refractivity contribution is 5.66. The van der Waals surface area contributed by atoms with Gasteiger partial charge in [0.05, 0.1) is 0 Å². The molecule has 0 unspecified atom stereocenters. The van der Waals surface area contributed by atoms with Gasteiger partial charge < -0.3 is 5.11 Å². The lowest BCUT2D eigenvalue weighted by molar-refractivity contribution is -0.137. The van der Waals surface area contributed by atoms with Gasteiger partial charge in [0.25, 0.3) is 0 Å². The molecule has 0 aromatic heterocycles. The van der Waals surface area contributed by atoms with Crippen molar-refractivity contribution in [3.63, 3.8) is 0 Å². The third-order valence-corrected chi connectivity index (χ3v) is 4.86. The molecule has 1 N–H and O–H groups in total. The molecule has 2 nitrogen and oxygen atoms in total. The molecule has 0 fully saturated rings. The van der Waals surface area contributed by atoms with E-state index in [0.717, 1.165) is 38.5 Å². The molecule has 26 heavy (non-hydrogen) atoms. The fourth-order valence-corrected chi connectivity index (χ4v) is 3.14. The highest BCUT2D eigenvalue weighted by Gasteiger charge is 2.12. The Morgan fingerprint density at radius 2 is 1.27 bits per heavy atom. The van der Waals surface area contributed by atoms with Crippen molar-refractivity contribution in [3.05, 3.63) is 70.8 Å². The van der Waals surface area contributed by atoms with E-state index in [4.69, 9.17) is 5.11 Å². The molecule has 2 aromatic rings. The van der Waals surface area contributed by atoms with Gasteiger partial charge in [0.2, 0.25) is 0 Å². The lowest BCUT2D eigenvalue weighted by Gasteiger charge is -2.19. The minimum atomic E-state index is -0.686. The lowest BCUT2D eigenvalue weighted by atomic mass is 9.86. The molecular weight excluding hydrogens is 320 g/mol. The average molecular weight is 353 g/mol. The topological polar surface area (TPSA) is 37.3 Å². The number of aliphatic carboxylic acids is 1. The van der Waals surface area contributed by atoms with Crippen molar-refractivity contribution in [1.29, 1.82) is 0 Å². The van der Waals surface area contributed by atoms with E-state index < -0.39 is 5.97 Å². The summed E-state index contributed by atoms with van der Waals surface area (Å²) in [6, 6.07) is 17.9. The van der Waals surface area contributed by atoms with Crippen LogP contribution < -0.4 is 0 Å². The summed E-state index contributed by atoms with van der Waals surface area (Å²) in [7, 11) is 0. The molecule has 0 heterocycles. The van der Waals surface area contributed by atoms with Crippen molar-refractivity contribution < 1.29 is 9.90 Å². The van der Waals surface area contributed by atoms with E-state index in [0.29, 0.717) is 6.42 Å². The Labute approximate surface area is 158 Å². The number of benzene rings is 2. The number of aryl methyl sites for hydroxylation is 1. The van der Waals surface area contributed by atoms with Crippen molar-refractivity contribution >= 4 is 5.97 Å². The van der Waals surface area contributed by atoms with Crippen LogP contribution in [0.25, 0.3) is 0 Å². The summed E-state index contributed by atoms with van der Waals surface area (Å²) in [5, 5.41) is 8.63. The molecule has 0 spiro atoms. The van der Waals surface area contributed by atoms with Gasteiger partial charge in [0.15, 0.2) is 0 Å². The number of carboxylic acids is 1. The second kappa shape index (κ2) is 9.56. The zero-order valence-electron chi connectivity index (χ0n) is 16.4. The van der Waals surface area contributed by atoms with Crippen LogP contribution in [0.1, 0.15) is 75.1 Å². The van der Waals surface area contributed by atoms with Crippen LogP contribution in [0.15, 0.2) is 48.5 Å². The summed E-state index contributed by atoms with van der Waals surface area (Å²) in [4.78, 5) is 10.5. The molecule has 2 rings (SSSR count). The quantitative estimate of drug-likeness (QED) is 0.549. The van der Waals surface area contributed by atoms with Crippen LogP contribution in [-0.4, -0.2) is 11.1 Å². The van der Waals surface area contributed by atoms with Crippen LogP contribution in [0.3, 0.4) is 0 Å². The van der Waals surface area contributed by atoms with E-state index in [2.05, 4.69) is 69.3 Å². The van der Waals surface area contributed by atoms with E-state index in [9.17, 15) is 4.79 Å². The van der Waals surface area contributed by atoms with Crippen LogP contribution in [0.4, 0.5) is 0 Å². The fourth-order valence-electron chi connectivity index (χ4n) is 3.14. The summed E-state index contributed by atoms with van der Waals surface area (Å²) in [6.07, 6.45) is 6.39. The SMILES string of the molecule is CC(C)(C)c1ccc(Cc2ccc(CCCCCCC(=O)O)cc2)cc1. The predicted octanol–water partition coefficient (Wildman–Crippen LogP) is 6.15. The van der Waals surface area contributed by atoms with Gasteiger partial charge in [-0.1, -0.05) is 82.1 Å². The number of unbranched alkanes of at least 4 members (excludes halogenated alkanes) is 3. The maximum Gasteiger partial charge on any atom is 0.303 e. The fraction of sp³-hybridized carbons (Fsp3) is 0.458. The molecule has 0 saturated carbocycles. The molecule has 2 heteroatoms. The monoisotopic (exact) mass is 352 g/mol. The summed E-state index contributed by atoms with van der Waals surface area (Å²) >= 11 is 0. The number of rotatable bonds is 9. The highest BCUT2D eigenvalue weighted by Crippen LogP contribution is 2.23. The van der Waals surface area contributed by atoms with Gasteiger partial charge in [-0.25, -0.2) is 0 Å². The van der Waals surface area contributed by atoms with Crippen molar-refractivity contribution in [2.24, 2.45) is 0 Å². The Hall–Kier alpha value is -2.09. The first-order chi connectivity index (χ1) is 12.3. The number of hydrogen-bond donors (Lipinski definition) is 1. The minimum Gasteiger partial charge on any atom is -0.481 e. The Balaban J connectivity index is 1.77.